The van der Waals surface area contributed by atoms with Gasteiger partial charge in [0.1, 0.15) is 0 Å². The summed E-state index contributed by atoms with van der Waals surface area (Å²) in [5, 5.41) is 2.82. The van der Waals surface area contributed by atoms with Crippen LogP contribution in [0.15, 0.2) is 0 Å². The first-order valence-electron chi connectivity index (χ1n) is 3.89. The molecule has 0 amide bonds. The molecule has 0 radical (unpaired) electrons. The Bertz CT molecular complexity index is 124. The van der Waals surface area contributed by atoms with Crippen molar-refractivity contribution in [2.75, 3.05) is 0 Å². The number of halogens is 2. The van der Waals surface area contributed by atoms with Gasteiger partial charge in [0.05, 0.1) is 6.04 Å². The first-order chi connectivity index (χ1) is 5.09. The summed E-state index contributed by atoms with van der Waals surface area (Å²) >= 11 is 0. The molecule has 0 aromatic rings. The minimum Gasteiger partial charge on any atom is -0.328 e. The summed E-state index contributed by atoms with van der Waals surface area (Å²) in [6, 6.07) is -0.265. The van der Waals surface area contributed by atoms with Crippen LogP contribution in [0.1, 0.15) is 19.8 Å². The van der Waals surface area contributed by atoms with E-state index in [4.69, 9.17) is 5.73 Å². The lowest BCUT2D eigenvalue weighted by molar-refractivity contribution is 0.0897. The molecular weight excluding hydrogens is 150 g/mol. The molecule has 11 heavy (non-hydrogen) atoms. The molecule has 1 fully saturated rings. The van der Waals surface area contributed by atoms with E-state index in [1.165, 1.54) is 6.92 Å². The van der Waals surface area contributed by atoms with Crippen molar-refractivity contribution in [2.45, 2.75) is 44.3 Å². The van der Waals surface area contributed by atoms with Gasteiger partial charge in [-0.25, -0.2) is 8.78 Å². The first kappa shape index (κ1) is 8.87. The van der Waals surface area contributed by atoms with Crippen molar-refractivity contribution in [1.82, 2.24) is 5.32 Å². The molecule has 0 aromatic carbocycles. The lowest BCUT2D eigenvalue weighted by atomic mass is 9.87. The molecule has 1 rings (SSSR count). The first-order valence-corrected chi connectivity index (χ1v) is 3.89. The zero-order valence-corrected chi connectivity index (χ0v) is 6.56. The summed E-state index contributed by atoms with van der Waals surface area (Å²) in [6.07, 6.45) is -0.611. The topological polar surface area (TPSA) is 38.0 Å². The second-order valence-electron chi connectivity index (χ2n) is 3.22. The normalized spacial score (nSPS) is 33.5. The number of rotatable bonds is 3. The summed E-state index contributed by atoms with van der Waals surface area (Å²) in [7, 11) is 0. The van der Waals surface area contributed by atoms with Crippen molar-refractivity contribution < 1.29 is 8.78 Å². The van der Waals surface area contributed by atoms with Crippen LogP contribution in [0.2, 0.25) is 0 Å². The van der Waals surface area contributed by atoms with Crippen LogP contribution >= 0.6 is 0 Å². The third-order valence-electron chi connectivity index (χ3n) is 2.05. The largest absolute Gasteiger partial charge is 0.328 e. The smallest absolute Gasteiger partial charge is 0.253 e. The second kappa shape index (κ2) is 3.45. The van der Waals surface area contributed by atoms with E-state index >= 15 is 0 Å². The van der Waals surface area contributed by atoms with Crippen LogP contribution in [-0.4, -0.2) is 24.6 Å². The molecule has 4 heteroatoms. The summed E-state index contributed by atoms with van der Waals surface area (Å²) in [5.74, 6) is 0. The molecule has 0 aliphatic heterocycles. The fourth-order valence-electron chi connectivity index (χ4n) is 1.24. The third-order valence-corrected chi connectivity index (χ3v) is 2.05. The molecule has 0 aromatic heterocycles. The molecule has 3 N–H and O–H groups in total. The van der Waals surface area contributed by atoms with E-state index < -0.39 is 12.5 Å². The summed E-state index contributed by atoms with van der Waals surface area (Å²) < 4.78 is 23.9. The molecule has 2 nitrogen and oxygen atoms in total. The van der Waals surface area contributed by atoms with Crippen molar-refractivity contribution in [1.29, 1.82) is 0 Å². The lowest BCUT2D eigenvalue weighted by Gasteiger charge is -2.35. The number of alkyl halides is 2. The quantitative estimate of drug-likeness (QED) is 0.645. The molecule has 0 spiro atoms. The van der Waals surface area contributed by atoms with Crippen LogP contribution in [0.3, 0.4) is 0 Å². The zero-order chi connectivity index (χ0) is 8.43. The van der Waals surface area contributed by atoms with Gasteiger partial charge < -0.3 is 11.1 Å². The van der Waals surface area contributed by atoms with Gasteiger partial charge in [0.2, 0.25) is 0 Å². The SMILES string of the molecule is CC(NC1CC(N)C1)C(F)F. The molecule has 1 aliphatic rings. The van der Waals surface area contributed by atoms with Crippen LogP contribution in [0.25, 0.3) is 0 Å². The van der Waals surface area contributed by atoms with Crippen molar-refractivity contribution in [2.24, 2.45) is 5.73 Å². The van der Waals surface area contributed by atoms with Crippen LogP contribution in [0, 0.1) is 0 Å². The molecule has 0 saturated heterocycles. The molecule has 1 unspecified atom stereocenters. The van der Waals surface area contributed by atoms with Crippen molar-refractivity contribution in [3.63, 3.8) is 0 Å². The molecule has 1 aliphatic carbocycles. The predicted octanol–water partition coefficient (Wildman–Crippen LogP) is 0.719. The Morgan fingerprint density at radius 2 is 2.00 bits per heavy atom. The van der Waals surface area contributed by atoms with Crippen molar-refractivity contribution in [3.05, 3.63) is 0 Å². The van der Waals surface area contributed by atoms with Crippen molar-refractivity contribution in [3.8, 4) is 0 Å². The van der Waals surface area contributed by atoms with Gasteiger partial charge in [0, 0.05) is 12.1 Å². The van der Waals surface area contributed by atoms with Gasteiger partial charge in [-0.2, -0.15) is 0 Å². The fraction of sp³-hybridized carbons (Fsp3) is 1.00. The summed E-state index contributed by atoms with van der Waals surface area (Å²) in [5.41, 5.74) is 5.49. The highest BCUT2D eigenvalue weighted by Gasteiger charge is 2.28. The second-order valence-corrected chi connectivity index (χ2v) is 3.22. The zero-order valence-electron chi connectivity index (χ0n) is 6.56. The maximum absolute atomic E-state index is 12.0. The van der Waals surface area contributed by atoms with E-state index in [0.29, 0.717) is 0 Å². The average molecular weight is 164 g/mol. The van der Waals surface area contributed by atoms with Gasteiger partial charge in [-0.15, -0.1) is 0 Å². The molecule has 1 saturated carbocycles. The number of hydrogen-bond acceptors (Lipinski definition) is 2. The highest BCUT2D eigenvalue weighted by atomic mass is 19.3. The Morgan fingerprint density at radius 1 is 1.45 bits per heavy atom. The van der Waals surface area contributed by atoms with Gasteiger partial charge in [0.25, 0.3) is 6.43 Å². The predicted molar refractivity (Wildman–Crippen MR) is 39.6 cm³/mol. The number of nitrogens with two attached hydrogens (primary N) is 1. The Kier molecular flexibility index (Phi) is 2.78. The van der Waals surface area contributed by atoms with Gasteiger partial charge >= 0.3 is 0 Å². The van der Waals surface area contributed by atoms with E-state index in [9.17, 15) is 8.78 Å². The number of nitrogens with one attached hydrogen (secondary N) is 1. The molecule has 66 valence electrons. The summed E-state index contributed by atoms with van der Waals surface area (Å²) in [4.78, 5) is 0. The standard InChI is InChI=1S/C7H14F2N2/c1-4(7(8)9)11-6-2-5(10)3-6/h4-7,11H,2-3,10H2,1H3. The highest BCUT2D eigenvalue weighted by Crippen LogP contribution is 2.18. The maximum atomic E-state index is 12.0. The Labute approximate surface area is 65.1 Å². The Balaban J connectivity index is 2.11. The van der Waals surface area contributed by atoms with E-state index in [2.05, 4.69) is 5.32 Å². The fourth-order valence-corrected chi connectivity index (χ4v) is 1.24. The van der Waals surface area contributed by atoms with Crippen LogP contribution in [-0.2, 0) is 0 Å². The van der Waals surface area contributed by atoms with Gasteiger partial charge in [-0.05, 0) is 19.8 Å². The summed E-state index contributed by atoms with van der Waals surface area (Å²) in [6.45, 7) is 1.49. The minimum absolute atomic E-state index is 0.217. The molecular formula is C7H14F2N2. The third kappa shape index (κ3) is 2.38. The molecule has 1 atom stereocenters. The van der Waals surface area contributed by atoms with Gasteiger partial charge in [0.15, 0.2) is 0 Å². The Morgan fingerprint density at radius 3 is 2.36 bits per heavy atom. The molecule has 0 heterocycles. The van der Waals surface area contributed by atoms with E-state index in [-0.39, 0.29) is 12.1 Å². The van der Waals surface area contributed by atoms with E-state index in [1.807, 2.05) is 0 Å². The van der Waals surface area contributed by atoms with Crippen LogP contribution < -0.4 is 11.1 Å². The monoisotopic (exact) mass is 164 g/mol. The minimum atomic E-state index is -2.27. The highest BCUT2D eigenvalue weighted by molar-refractivity contribution is 4.89. The van der Waals surface area contributed by atoms with Crippen LogP contribution in [0.5, 0.6) is 0 Å². The van der Waals surface area contributed by atoms with Gasteiger partial charge in [-0.3, -0.25) is 0 Å². The van der Waals surface area contributed by atoms with Gasteiger partial charge in [-0.1, -0.05) is 0 Å². The van der Waals surface area contributed by atoms with E-state index in [0.717, 1.165) is 12.8 Å². The van der Waals surface area contributed by atoms with E-state index in [1.54, 1.807) is 0 Å². The van der Waals surface area contributed by atoms with Crippen molar-refractivity contribution >= 4 is 0 Å². The van der Waals surface area contributed by atoms with Crippen LogP contribution in [0.4, 0.5) is 8.78 Å². The average Bonchev–Trinajstić information content (AvgIpc) is 1.84. The molecule has 0 bridgehead atoms. The lowest BCUT2D eigenvalue weighted by Crippen LogP contribution is -2.52. The maximum Gasteiger partial charge on any atom is 0.253 e. The number of hydrogen-bond donors (Lipinski definition) is 2. The Hall–Kier alpha value is -0.220.